The van der Waals surface area contributed by atoms with Gasteiger partial charge in [-0.3, -0.25) is 10.00 Å². The zero-order valence-electron chi connectivity index (χ0n) is 12.0. The molecule has 21 heavy (non-hydrogen) atoms. The first-order chi connectivity index (χ1) is 9.69. The van der Waals surface area contributed by atoms with Crippen LogP contribution < -0.4 is 5.32 Å². The zero-order chi connectivity index (χ0) is 15.8. The largest absolute Gasteiger partial charge is 0.444 e. The molecule has 0 aliphatic heterocycles. The predicted octanol–water partition coefficient (Wildman–Crippen LogP) is 4.80. The van der Waals surface area contributed by atoms with E-state index in [0.717, 1.165) is 5.69 Å². The Balaban J connectivity index is 2.28. The second-order valence-corrected chi connectivity index (χ2v) is 7.36. The molecule has 0 aliphatic carbocycles. The van der Waals surface area contributed by atoms with E-state index in [0.29, 0.717) is 19.9 Å². The first-order valence-corrected chi connectivity index (χ1v) is 7.72. The Morgan fingerprint density at radius 3 is 2.62 bits per heavy atom. The minimum atomic E-state index is -0.581. The van der Waals surface area contributed by atoms with Crippen molar-refractivity contribution in [1.82, 2.24) is 9.78 Å². The van der Waals surface area contributed by atoms with E-state index in [-0.39, 0.29) is 0 Å². The summed E-state index contributed by atoms with van der Waals surface area (Å²) in [4.78, 5) is 11.8. The highest BCUT2D eigenvalue weighted by Crippen LogP contribution is 2.46. The molecule has 0 saturated carbocycles. The number of ether oxygens (including phenoxy) is 1. The van der Waals surface area contributed by atoms with Gasteiger partial charge in [-0.15, -0.1) is 11.3 Å². The number of carbonyl (C=O) groups excluding carboxylic acids is 1. The minimum Gasteiger partial charge on any atom is -0.444 e. The Morgan fingerprint density at radius 1 is 1.43 bits per heavy atom. The van der Waals surface area contributed by atoms with Gasteiger partial charge in [0.05, 0.1) is 16.3 Å². The summed E-state index contributed by atoms with van der Waals surface area (Å²) in [5, 5.41) is 7.53. The van der Waals surface area contributed by atoms with Gasteiger partial charge in [-0.2, -0.15) is 5.10 Å². The normalized spacial score (nSPS) is 11.5. The maximum absolute atomic E-state index is 11.8. The van der Waals surface area contributed by atoms with E-state index in [1.54, 1.807) is 44.8 Å². The number of aromatic nitrogens is 2. The standard InChI is InChI=1S/C13H15Cl2N3O2S/c1-13(2,3)20-12(19)17-11-9(14)8(10(15)21-11)7-5-6-16-18(7)4/h5-6H,1-4H3,(H,17,19). The fraction of sp³-hybridized carbons (Fsp3) is 0.385. The topological polar surface area (TPSA) is 56.2 Å². The van der Waals surface area contributed by atoms with Crippen molar-refractivity contribution >= 4 is 45.6 Å². The van der Waals surface area contributed by atoms with Gasteiger partial charge in [0.25, 0.3) is 0 Å². The number of rotatable bonds is 2. The van der Waals surface area contributed by atoms with Crippen LogP contribution in [0.4, 0.5) is 9.80 Å². The number of amides is 1. The Morgan fingerprint density at radius 2 is 2.10 bits per heavy atom. The lowest BCUT2D eigenvalue weighted by Crippen LogP contribution is -2.27. The van der Waals surface area contributed by atoms with Gasteiger partial charge >= 0.3 is 6.09 Å². The number of anilines is 1. The van der Waals surface area contributed by atoms with Crippen molar-refractivity contribution in [2.45, 2.75) is 26.4 Å². The number of hydrogen-bond acceptors (Lipinski definition) is 4. The molecule has 2 aromatic rings. The Kier molecular flexibility index (Phi) is 4.51. The first-order valence-electron chi connectivity index (χ1n) is 6.15. The van der Waals surface area contributed by atoms with Gasteiger partial charge in [-0.05, 0) is 26.8 Å². The van der Waals surface area contributed by atoms with Crippen LogP contribution in [0.15, 0.2) is 12.3 Å². The van der Waals surface area contributed by atoms with E-state index in [9.17, 15) is 4.79 Å². The number of thiophene rings is 1. The number of nitrogens with zero attached hydrogens (tertiary/aromatic N) is 2. The van der Waals surface area contributed by atoms with Crippen LogP contribution in [-0.4, -0.2) is 21.5 Å². The average molecular weight is 348 g/mol. The van der Waals surface area contributed by atoms with E-state index in [1.807, 2.05) is 0 Å². The number of hydrogen-bond donors (Lipinski definition) is 1. The summed E-state index contributed by atoms with van der Waals surface area (Å²) in [7, 11) is 1.79. The highest BCUT2D eigenvalue weighted by Gasteiger charge is 2.23. The highest BCUT2D eigenvalue weighted by atomic mass is 35.5. The molecule has 114 valence electrons. The van der Waals surface area contributed by atoms with E-state index in [4.69, 9.17) is 27.9 Å². The molecule has 2 rings (SSSR count). The first kappa shape index (κ1) is 16.1. The lowest BCUT2D eigenvalue weighted by molar-refractivity contribution is 0.0636. The van der Waals surface area contributed by atoms with Gasteiger partial charge < -0.3 is 4.74 Å². The molecule has 0 aliphatic rings. The lowest BCUT2D eigenvalue weighted by atomic mass is 10.2. The van der Waals surface area contributed by atoms with Crippen molar-refractivity contribution < 1.29 is 9.53 Å². The Hall–Kier alpha value is -1.24. The smallest absolute Gasteiger partial charge is 0.412 e. The minimum absolute atomic E-state index is 0.374. The number of aryl methyl sites for hydroxylation is 1. The van der Waals surface area contributed by atoms with E-state index in [1.165, 1.54) is 11.3 Å². The number of carbonyl (C=O) groups is 1. The van der Waals surface area contributed by atoms with Crippen LogP contribution in [0.1, 0.15) is 20.8 Å². The van der Waals surface area contributed by atoms with Crippen LogP contribution in [-0.2, 0) is 11.8 Å². The summed E-state index contributed by atoms with van der Waals surface area (Å²) in [5.74, 6) is 0. The monoisotopic (exact) mass is 347 g/mol. The lowest BCUT2D eigenvalue weighted by Gasteiger charge is -2.19. The molecule has 0 fully saturated rings. The predicted molar refractivity (Wildman–Crippen MR) is 86.4 cm³/mol. The van der Waals surface area contributed by atoms with Gasteiger partial charge in [0.15, 0.2) is 0 Å². The molecule has 0 radical (unpaired) electrons. The van der Waals surface area contributed by atoms with Crippen LogP contribution in [0.2, 0.25) is 9.36 Å². The molecule has 5 nitrogen and oxygen atoms in total. The van der Waals surface area contributed by atoms with Crippen LogP contribution in [0.3, 0.4) is 0 Å². The Bertz CT molecular complexity index is 673. The average Bonchev–Trinajstić information content (AvgIpc) is 2.82. The summed E-state index contributed by atoms with van der Waals surface area (Å²) in [6.45, 7) is 5.37. The summed E-state index contributed by atoms with van der Waals surface area (Å²) in [6.07, 6.45) is 1.08. The zero-order valence-corrected chi connectivity index (χ0v) is 14.4. The van der Waals surface area contributed by atoms with E-state index >= 15 is 0 Å². The third kappa shape index (κ3) is 3.70. The molecule has 0 unspecified atom stereocenters. The molecule has 0 atom stereocenters. The van der Waals surface area contributed by atoms with Crippen molar-refractivity contribution in [3.05, 3.63) is 21.6 Å². The van der Waals surface area contributed by atoms with Gasteiger partial charge in [-0.1, -0.05) is 23.2 Å². The Labute approximate surface area is 136 Å². The van der Waals surface area contributed by atoms with Crippen molar-refractivity contribution in [3.63, 3.8) is 0 Å². The molecule has 0 aromatic carbocycles. The van der Waals surface area contributed by atoms with Crippen LogP contribution >= 0.6 is 34.5 Å². The molecule has 8 heteroatoms. The van der Waals surface area contributed by atoms with Crippen LogP contribution in [0, 0.1) is 0 Å². The molecule has 0 saturated heterocycles. The fourth-order valence-corrected chi connectivity index (χ4v) is 3.39. The summed E-state index contributed by atoms with van der Waals surface area (Å²) >= 11 is 13.7. The van der Waals surface area contributed by atoms with Crippen molar-refractivity contribution in [3.8, 4) is 11.3 Å². The van der Waals surface area contributed by atoms with Gasteiger partial charge in [0.1, 0.15) is 14.9 Å². The van der Waals surface area contributed by atoms with Gasteiger partial charge in [0.2, 0.25) is 0 Å². The third-order valence-corrected chi connectivity index (χ3v) is 4.30. The molecule has 1 N–H and O–H groups in total. The van der Waals surface area contributed by atoms with Crippen LogP contribution in [0.5, 0.6) is 0 Å². The quantitative estimate of drug-likeness (QED) is 0.848. The van der Waals surface area contributed by atoms with Gasteiger partial charge in [0, 0.05) is 13.2 Å². The molecule has 0 bridgehead atoms. The summed E-state index contributed by atoms with van der Waals surface area (Å²) in [5.41, 5.74) is 0.843. The summed E-state index contributed by atoms with van der Waals surface area (Å²) in [6, 6.07) is 1.80. The van der Waals surface area contributed by atoms with Crippen molar-refractivity contribution in [2.75, 3.05) is 5.32 Å². The highest BCUT2D eigenvalue weighted by molar-refractivity contribution is 7.21. The summed E-state index contributed by atoms with van der Waals surface area (Å²) < 4.78 is 7.34. The second-order valence-electron chi connectivity index (χ2n) is 5.36. The third-order valence-electron chi connectivity index (χ3n) is 2.50. The maximum atomic E-state index is 11.8. The molecular formula is C13H15Cl2N3O2S. The molecular weight excluding hydrogens is 333 g/mol. The van der Waals surface area contributed by atoms with E-state index < -0.39 is 11.7 Å². The molecule has 2 aromatic heterocycles. The second kappa shape index (κ2) is 5.87. The number of nitrogens with one attached hydrogen (secondary N) is 1. The molecule has 2 heterocycles. The van der Waals surface area contributed by atoms with Crippen molar-refractivity contribution in [2.24, 2.45) is 7.05 Å². The number of halogens is 2. The fourth-order valence-electron chi connectivity index (χ4n) is 1.69. The molecule has 0 spiro atoms. The van der Waals surface area contributed by atoms with E-state index in [2.05, 4.69) is 10.4 Å². The SMILES string of the molecule is Cn1nccc1-c1c(Cl)sc(NC(=O)OC(C)(C)C)c1Cl. The van der Waals surface area contributed by atoms with Crippen molar-refractivity contribution in [1.29, 1.82) is 0 Å². The maximum Gasteiger partial charge on any atom is 0.412 e. The molecule has 1 amide bonds. The van der Waals surface area contributed by atoms with Crippen LogP contribution in [0.25, 0.3) is 11.3 Å². The van der Waals surface area contributed by atoms with Gasteiger partial charge in [-0.25, -0.2) is 4.79 Å².